The van der Waals surface area contributed by atoms with Crippen molar-refractivity contribution < 1.29 is 4.79 Å². The van der Waals surface area contributed by atoms with Crippen molar-refractivity contribution in [2.45, 2.75) is 45.8 Å². The number of amides is 1. The Morgan fingerprint density at radius 1 is 1.56 bits per heavy atom. The van der Waals surface area contributed by atoms with Gasteiger partial charge in [0.15, 0.2) is 0 Å². The van der Waals surface area contributed by atoms with Gasteiger partial charge >= 0.3 is 0 Å². The Morgan fingerprint density at radius 2 is 2.25 bits per heavy atom. The lowest BCUT2D eigenvalue weighted by atomic mass is 10.2. The molecule has 0 aliphatic heterocycles. The minimum atomic E-state index is 0.0228. The molecule has 1 heterocycles. The first-order chi connectivity index (χ1) is 7.69. The number of hydrogen-bond acceptors (Lipinski definition) is 3. The van der Waals surface area contributed by atoms with Gasteiger partial charge in [-0.15, -0.1) is 0 Å². The fourth-order valence-electron chi connectivity index (χ4n) is 1.53. The molecule has 0 radical (unpaired) electrons. The van der Waals surface area contributed by atoms with E-state index in [1.807, 2.05) is 0 Å². The molecule has 1 aromatic heterocycles. The lowest BCUT2D eigenvalue weighted by Gasteiger charge is -2.14. The molecule has 0 aromatic carbocycles. The molecule has 0 spiro atoms. The molecule has 5 nitrogen and oxygen atoms in total. The van der Waals surface area contributed by atoms with Crippen LogP contribution in [0.25, 0.3) is 0 Å². The number of hydrogen-bond donors (Lipinski definition) is 2. The van der Waals surface area contributed by atoms with Crippen LogP contribution in [0.15, 0.2) is 12.5 Å². The molecule has 0 atom stereocenters. The highest BCUT2D eigenvalue weighted by Gasteiger charge is 2.08. The van der Waals surface area contributed by atoms with E-state index in [9.17, 15) is 4.79 Å². The quantitative estimate of drug-likeness (QED) is 0.745. The van der Waals surface area contributed by atoms with Crippen LogP contribution < -0.4 is 11.1 Å². The van der Waals surface area contributed by atoms with Crippen LogP contribution in [0.5, 0.6) is 0 Å². The third kappa shape index (κ3) is 3.66. The second-order valence-corrected chi connectivity index (χ2v) is 3.82. The number of nitrogens with zero attached hydrogens (tertiary/aromatic N) is 2. The van der Waals surface area contributed by atoms with Gasteiger partial charge < -0.3 is 15.6 Å². The molecule has 3 N–H and O–H groups in total. The first-order valence-electron chi connectivity index (χ1n) is 5.69. The molecule has 0 bridgehead atoms. The largest absolute Gasteiger partial charge is 0.352 e. The Kier molecular flexibility index (Phi) is 4.98. The minimum Gasteiger partial charge on any atom is -0.352 e. The summed E-state index contributed by atoms with van der Waals surface area (Å²) in [4.78, 5) is 15.7. The summed E-state index contributed by atoms with van der Waals surface area (Å²) in [5, 5.41) is 2.97. The van der Waals surface area contributed by atoms with E-state index in [2.05, 4.69) is 24.1 Å². The Labute approximate surface area is 96.0 Å². The summed E-state index contributed by atoms with van der Waals surface area (Å²) in [6.07, 6.45) is 5.35. The number of nitrogens with one attached hydrogen (secondary N) is 1. The van der Waals surface area contributed by atoms with Crippen molar-refractivity contribution in [2.24, 2.45) is 5.73 Å². The summed E-state index contributed by atoms with van der Waals surface area (Å²) < 4.78 is 1.75. The van der Waals surface area contributed by atoms with Crippen LogP contribution in [0.1, 0.15) is 32.4 Å². The molecule has 0 unspecified atom stereocenters. The third-order valence-corrected chi connectivity index (χ3v) is 2.57. The zero-order valence-electron chi connectivity index (χ0n) is 9.94. The molecule has 16 heavy (non-hydrogen) atoms. The average Bonchev–Trinajstić information content (AvgIpc) is 2.73. The Bertz CT molecular complexity index is 330. The molecule has 0 aliphatic carbocycles. The molecule has 0 saturated heterocycles. The number of rotatable bonds is 6. The Balaban J connectivity index is 2.44. The average molecular weight is 224 g/mol. The van der Waals surface area contributed by atoms with E-state index in [1.54, 1.807) is 17.1 Å². The van der Waals surface area contributed by atoms with Crippen LogP contribution in [0.3, 0.4) is 0 Å². The van der Waals surface area contributed by atoms with Crippen molar-refractivity contribution in [3.8, 4) is 0 Å². The van der Waals surface area contributed by atoms with Crippen molar-refractivity contribution in [1.82, 2.24) is 14.9 Å². The molecule has 5 heteroatoms. The molecule has 0 fully saturated rings. The van der Waals surface area contributed by atoms with E-state index >= 15 is 0 Å². The lowest BCUT2D eigenvalue weighted by molar-refractivity contribution is -0.122. The van der Waals surface area contributed by atoms with Crippen molar-refractivity contribution in [3.63, 3.8) is 0 Å². The van der Waals surface area contributed by atoms with Crippen LogP contribution in [0.2, 0.25) is 0 Å². The summed E-state index contributed by atoms with van der Waals surface area (Å²) in [5.41, 5.74) is 6.24. The van der Waals surface area contributed by atoms with Gasteiger partial charge in [0.25, 0.3) is 0 Å². The molecule has 1 rings (SSSR count). The van der Waals surface area contributed by atoms with Gasteiger partial charge in [0.1, 0.15) is 6.54 Å². The van der Waals surface area contributed by atoms with Crippen molar-refractivity contribution in [2.75, 3.05) is 0 Å². The molecule has 1 aromatic rings. The van der Waals surface area contributed by atoms with Crippen LogP contribution in [-0.4, -0.2) is 21.5 Å². The molecular weight excluding hydrogens is 204 g/mol. The first kappa shape index (κ1) is 12.7. The SMILES string of the molecule is CCC(CC)NC(=O)Cn1cnc(CN)c1. The number of aromatic nitrogens is 2. The van der Waals surface area contributed by atoms with Crippen molar-refractivity contribution in [1.29, 1.82) is 0 Å². The van der Waals surface area contributed by atoms with Crippen molar-refractivity contribution >= 4 is 5.91 Å². The summed E-state index contributed by atoms with van der Waals surface area (Å²) in [6.45, 7) is 4.85. The number of carbonyl (C=O) groups excluding carboxylic acids is 1. The molecule has 90 valence electrons. The summed E-state index contributed by atoms with van der Waals surface area (Å²) in [7, 11) is 0. The predicted octanol–water partition coefficient (Wildman–Crippen LogP) is 0.647. The third-order valence-electron chi connectivity index (χ3n) is 2.57. The number of imidazole rings is 1. The van der Waals surface area contributed by atoms with E-state index in [0.717, 1.165) is 18.5 Å². The minimum absolute atomic E-state index is 0.0228. The highest BCUT2D eigenvalue weighted by atomic mass is 16.2. The number of nitrogens with two attached hydrogens (primary N) is 1. The lowest BCUT2D eigenvalue weighted by Crippen LogP contribution is -2.36. The van der Waals surface area contributed by atoms with E-state index in [-0.39, 0.29) is 11.9 Å². The second kappa shape index (κ2) is 6.27. The van der Waals surface area contributed by atoms with Crippen LogP contribution in [-0.2, 0) is 17.9 Å². The van der Waals surface area contributed by atoms with Crippen molar-refractivity contribution in [3.05, 3.63) is 18.2 Å². The summed E-state index contributed by atoms with van der Waals surface area (Å²) >= 11 is 0. The highest BCUT2D eigenvalue weighted by molar-refractivity contribution is 5.76. The van der Waals surface area contributed by atoms with Gasteiger partial charge in [-0.1, -0.05) is 13.8 Å². The number of carbonyl (C=O) groups is 1. The van der Waals surface area contributed by atoms with Gasteiger partial charge in [0.05, 0.1) is 12.0 Å². The standard InChI is InChI=1S/C11H20N4O/c1-3-9(4-2)14-11(16)7-15-6-10(5-12)13-8-15/h6,8-9H,3-5,7,12H2,1-2H3,(H,14,16). The van der Waals surface area contributed by atoms with Gasteiger partial charge in [-0.3, -0.25) is 4.79 Å². The van der Waals surface area contributed by atoms with Gasteiger partial charge in [0, 0.05) is 18.8 Å². The van der Waals surface area contributed by atoms with E-state index < -0.39 is 0 Å². The maximum Gasteiger partial charge on any atom is 0.240 e. The summed E-state index contributed by atoms with van der Waals surface area (Å²) in [5.74, 6) is 0.0228. The maximum atomic E-state index is 11.6. The smallest absolute Gasteiger partial charge is 0.240 e. The fourth-order valence-corrected chi connectivity index (χ4v) is 1.53. The molecule has 0 saturated carbocycles. The monoisotopic (exact) mass is 224 g/mol. The predicted molar refractivity (Wildman–Crippen MR) is 62.6 cm³/mol. The molecule has 1 amide bonds. The van der Waals surface area contributed by atoms with Gasteiger partial charge in [-0.2, -0.15) is 0 Å². The van der Waals surface area contributed by atoms with Crippen LogP contribution in [0.4, 0.5) is 0 Å². The van der Waals surface area contributed by atoms with Crippen LogP contribution in [0, 0.1) is 0 Å². The Morgan fingerprint density at radius 3 is 2.75 bits per heavy atom. The van der Waals surface area contributed by atoms with Gasteiger partial charge in [-0.25, -0.2) is 4.98 Å². The van der Waals surface area contributed by atoms with Gasteiger partial charge in [0.2, 0.25) is 5.91 Å². The topological polar surface area (TPSA) is 72.9 Å². The zero-order chi connectivity index (χ0) is 12.0. The highest BCUT2D eigenvalue weighted by Crippen LogP contribution is 1.98. The summed E-state index contributed by atoms with van der Waals surface area (Å²) in [6, 6.07) is 0.269. The Hall–Kier alpha value is -1.36. The molecule has 0 aliphatic rings. The maximum absolute atomic E-state index is 11.6. The normalized spacial score (nSPS) is 10.8. The second-order valence-electron chi connectivity index (χ2n) is 3.82. The van der Waals surface area contributed by atoms with Gasteiger partial charge in [-0.05, 0) is 12.8 Å². The van der Waals surface area contributed by atoms with E-state index in [1.165, 1.54) is 0 Å². The van der Waals surface area contributed by atoms with Crippen LogP contribution >= 0.6 is 0 Å². The van der Waals surface area contributed by atoms with E-state index in [0.29, 0.717) is 13.1 Å². The fraction of sp³-hybridized carbons (Fsp3) is 0.636. The zero-order valence-corrected chi connectivity index (χ0v) is 9.94. The first-order valence-corrected chi connectivity index (χ1v) is 5.69. The van der Waals surface area contributed by atoms with E-state index in [4.69, 9.17) is 5.73 Å². The molecular formula is C11H20N4O.